The highest BCUT2D eigenvalue weighted by molar-refractivity contribution is 7.99. The van der Waals surface area contributed by atoms with Gasteiger partial charge in [0.15, 0.2) is 0 Å². The molecule has 2 atom stereocenters. The lowest BCUT2D eigenvalue weighted by molar-refractivity contribution is 0.173. The van der Waals surface area contributed by atoms with Gasteiger partial charge >= 0.3 is 0 Å². The van der Waals surface area contributed by atoms with E-state index in [4.69, 9.17) is 5.73 Å². The Morgan fingerprint density at radius 1 is 1.35 bits per heavy atom. The number of likely N-dealkylation sites (tertiary alicyclic amines) is 1. The van der Waals surface area contributed by atoms with Gasteiger partial charge in [-0.1, -0.05) is 25.1 Å². The van der Waals surface area contributed by atoms with Crippen molar-refractivity contribution in [3.8, 4) is 0 Å². The van der Waals surface area contributed by atoms with E-state index in [1.807, 2.05) is 11.8 Å². The summed E-state index contributed by atoms with van der Waals surface area (Å²) < 4.78 is 0. The van der Waals surface area contributed by atoms with Crippen molar-refractivity contribution in [2.75, 3.05) is 25.4 Å². The maximum Gasteiger partial charge on any atom is 0.0108 e. The molecule has 1 aromatic rings. The molecular formula is C14H22N2S. The first kappa shape index (κ1) is 12.9. The quantitative estimate of drug-likeness (QED) is 0.832. The van der Waals surface area contributed by atoms with Crippen molar-refractivity contribution in [3.05, 3.63) is 30.3 Å². The Kier molecular flexibility index (Phi) is 4.89. The summed E-state index contributed by atoms with van der Waals surface area (Å²) in [5.74, 6) is 1.82. The number of piperidine rings is 1. The number of nitrogens with zero attached hydrogens (tertiary/aromatic N) is 1. The number of nitrogens with two attached hydrogens (primary N) is 1. The first-order chi connectivity index (χ1) is 8.25. The lowest BCUT2D eigenvalue weighted by atomic mass is 9.95. The SMILES string of the molecule is CC1CN(CCSc2ccccc2)CCC1N. The molecule has 3 heteroatoms. The molecule has 1 aliphatic heterocycles. The fourth-order valence-electron chi connectivity index (χ4n) is 2.26. The normalized spacial score (nSPS) is 26.0. The second-order valence-corrected chi connectivity index (χ2v) is 6.06. The molecule has 2 nitrogen and oxygen atoms in total. The van der Waals surface area contributed by atoms with Crippen LogP contribution in [0.4, 0.5) is 0 Å². The molecule has 17 heavy (non-hydrogen) atoms. The molecule has 1 aromatic carbocycles. The second-order valence-electron chi connectivity index (χ2n) is 4.89. The molecule has 1 heterocycles. The maximum atomic E-state index is 6.03. The largest absolute Gasteiger partial charge is 0.327 e. The zero-order chi connectivity index (χ0) is 12.1. The molecule has 0 radical (unpaired) electrons. The van der Waals surface area contributed by atoms with Crippen LogP contribution < -0.4 is 5.73 Å². The number of rotatable bonds is 4. The van der Waals surface area contributed by atoms with E-state index >= 15 is 0 Å². The molecule has 0 aliphatic carbocycles. The highest BCUT2D eigenvalue weighted by atomic mass is 32.2. The maximum absolute atomic E-state index is 6.03. The average molecular weight is 250 g/mol. The van der Waals surface area contributed by atoms with Crippen molar-refractivity contribution >= 4 is 11.8 Å². The lowest BCUT2D eigenvalue weighted by Gasteiger charge is -2.34. The Balaban J connectivity index is 1.69. The smallest absolute Gasteiger partial charge is 0.0108 e. The monoisotopic (exact) mass is 250 g/mol. The van der Waals surface area contributed by atoms with Gasteiger partial charge in [-0.05, 0) is 31.0 Å². The Labute approximate surface area is 109 Å². The average Bonchev–Trinajstić information content (AvgIpc) is 2.35. The summed E-state index contributed by atoms with van der Waals surface area (Å²) in [6.45, 7) is 5.77. The molecule has 0 saturated carbocycles. The van der Waals surface area contributed by atoms with Gasteiger partial charge in [0.25, 0.3) is 0 Å². The van der Waals surface area contributed by atoms with Crippen molar-refractivity contribution < 1.29 is 0 Å². The van der Waals surface area contributed by atoms with Crippen molar-refractivity contribution in [2.24, 2.45) is 11.7 Å². The predicted molar refractivity (Wildman–Crippen MR) is 75.4 cm³/mol. The van der Waals surface area contributed by atoms with Crippen LogP contribution in [-0.4, -0.2) is 36.3 Å². The predicted octanol–water partition coefficient (Wildman–Crippen LogP) is 2.45. The minimum atomic E-state index is 0.410. The summed E-state index contributed by atoms with van der Waals surface area (Å²) >= 11 is 1.94. The van der Waals surface area contributed by atoms with Gasteiger partial charge in [0.05, 0.1) is 0 Å². The molecule has 2 N–H and O–H groups in total. The van der Waals surface area contributed by atoms with Crippen LogP contribution in [0.1, 0.15) is 13.3 Å². The first-order valence-corrected chi connectivity index (χ1v) is 7.40. The minimum absolute atomic E-state index is 0.410. The molecule has 2 rings (SSSR count). The van der Waals surface area contributed by atoms with Crippen molar-refractivity contribution in [1.29, 1.82) is 0 Å². The number of thioether (sulfide) groups is 1. The third kappa shape index (κ3) is 4.02. The summed E-state index contributed by atoms with van der Waals surface area (Å²) in [7, 11) is 0. The standard InChI is InChI=1S/C14H22N2S/c1-12-11-16(8-7-14(12)15)9-10-17-13-5-3-2-4-6-13/h2-6,12,14H,7-11,15H2,1H3. The Morgan fingerprint density at radius 2 is 2.12 bits per heavy atom. The third-order valence-electron chi connectivity index (χ3n) is 3.48. The highest BCUT2D eigenvalue weighted by Crippen LogP contribution is 2.19. The van der Waals surface area contributed by atoms with E-state index in [9.17, 15) is 0 Å². The number of benzene rings is 1. The van der Waals surface area contributed by atoms with Gasteiger partial charge in [-0.15, -0.1) is 11.8 Å². The lowest BCUT2D eigenvalue weighted by Crippen LogP contribution is -2.46. The summed E-state index contributed by atoms with van der Waals surface area (Å²) in [6.07, 6.45) is 1.15. The molecule has 0 bridgehead atoms. The molecule has 1 saturated heterocycles. The molecule has 94 valence electrons. The first-order valence-electron chi connectivity index (χ1n) is 6.41. The van der Waals surface area contributed by atoms with E-state index in [2.05, 4.69) is 42.2 Å². The van der Waals surface area contributed by atoms with E-state index < -0.39 is 0 Å². The topological polar surface area (TPSA) is 29.3 Å². The third-order valence-corrected chi connectivity index (χ3v) is 4.47. The molecule has 0 spiro atoms. The van der Waals surface area contributed by atoms with E-state index in [0.29, 0.717) is 12.0 Å². The number of hydrogen-bond donors (Lipinski definition) is 1. The summed E-state index contributed by atoms with van der Waals surface area (Å²) in [5.41, 5.74) is 6.03. The van der Waals surface area contributed by atoms with Gasteiger partial charge in [-0.25, -0.2) is 0 Å². The van der Waals surface area contributed by atoms with Crippen LogP contribution >= 0.6 is 11.8 Å². The Bertz CT molecular complexity index is 328. The fourth-order valence-corrected chi connectivity index (χ4v) is 3.20. The van der Waals surface area contributed by atoms with E-state index in [0.717, 1.165) is 13.0 Å². The second kappa shape index (κ2) is 6.43. The molecule has 2 unspecified atom stereocenters. The summed E-state index contributed by atoms with van der Waals surface area (Å²) in [6, 6.07) is 11.0. The van der Waals surface area contributed by atoms with Gasteiger partial charge in [0, 0.05) is 29.8 Å². The van der Waals surface area contributed by atoms with Gasteiger partial charge in [0.1, 0.15) is 0 Å². The van der Waals surface area contributed by atoms with Crippen LogP contribution in [0.25, 0.3) is 0 Å². The molecule has 1 fully saturated rings. The van der Waals surface area contributed by atoms with Crippen molar-refractivity contribution in [2.45, 2.75) is 24.3 Å². The fraction of sp³-hybridized carbons (Fsp3) is 0.571. The molecule has 0 amide bonds. The van der Waals surface area contributed by atoms with E-state index in [-0.39, 0.29) is 0 Å². The molecule has 0 aromatic heterocycles. The molecule has 1 aliphatic rings. The Hall–Kier alpha value is -0.510. The zero-order valence-corrected chi connectivity index (χ0v) is 11.3. The van der Waals surface area contributed by atoms with Crippen LogP contribution in [0.15, 0.2) is 35.2 Å². The van der Waals surface area contributed by atoms with Gasteiger partial charge in [-0.3, -0.25) is 0 Å². The van der Waals surface area contributed by atoms with Crippen LogP contribution in [0.5, 0.6) is 0 Å². The number of hydrogen-bond acceptors (Lipinski definition) is 3. The van der Waals surface area contributed by atoms with Crippen molar-refractivity contribution in [1.82, 2.24) is 4.90 Å². The summed E-state index contributed by atoms with van der Waals surface area (Å²) in [4.78, 5) is 3.92. The molecular weight excluding hydrogens is 228 g/mol. The zero-order valence-electron chi connectivity index (χ0n) is 10.5. The van der Waals surface area contributed by atoms with Gasteiger partial charge in [0.2, 0.25) is 0 Å². The van der Waals surface area contributed by atoms with Crippen LogP contribution in [-0.2, 0) is 0 Å². The van der Waals surface area contributed by atoms with Crippen LogP contribution in [0, 0.1) is 5.92 Å². The van der Waals surface area contributed by atoms with Gasteiger partial charge < -0.3 is 10.6 Å². The van der Waals surface area contributed by atoms with Crippen LogP contribution in [0.3, 0.4) is 0 Å². The van der Waals surface area contributed by atoms with E-state index in [1.165, 1.54) is 23.7 Å². The highest BCUT2D eigenvalue weighted by Gasteiger charge is 2.22. The Morgan fingerprint density at radius 3 is 2.82 bits per heavy atom. The minimum Gasteiger partial charge on any atom is -0.327 e. The van der Waals surface area contributed by atoms with Crippen molar-refractivity contribution in [3.63, 3.8) is 0 Å². The summed E-state index contributed by atoms with van der Waals surface area (Å²) in [5, 5.41) is 0. The van der Waals surface area contributed by atoms with Crippen LogP contribution in [0.2, 0.25) is 0 Å². The van der Waals surface area contributed by atoms with E-state index in [1.54, 1.807) is 0 Å². The van der Waals surface area contributed by atoms with Gasteiger partial charge in [-0.2, -0.15) is 0 Å².